The van der Waals surface area contributed by atoms with Gasteiger partial charge < -0.3 is 14.3 Å². The highest BCUT2D eigenvalue weighted by Gasteiger charge is 2.54. The molecule has 1 aliphatic rings. The van der Waals surface area contributed by atoms with Crippen LogP contribution in [0.5, 0.6) is 0 Å². The summed E-state index contributed by atoms with van der Waals surface area (Å²) in [6.45, 7) is 8.65. The van der Waals surface area contributed by atoms with E-state index >= 15 is 0 Å². The number of benzene rings is 2. The third kappa shape index (κ3) is 9.45. The minimum atomic E-state index is -2.93. The summed E-state index contributed by atoms with van der Waals surface area (Å²) < 4.78 is 41.9. The summed E-state index contributed by atoms with van der Waals surface area (Å²) in [4.78, 5) is 11.5. The van der Waals surface area contributed by atoms with Gasteiger partial charge >= 0.3 is 5.97 Å². The zero-order valence-corrected chi connectivity index (χ0v) is 28.2. The Balaban J connectivity index is 1.98. The molecule has 44 heavy (non-hydrogen) atoms. The van der Waals surface area contributed by atoms with E-state index in [-0.39, 0.29) is 29.5 Å². The molecule has 0 aromatic heterocycles. The molecule has 0 amide bonds. The maximum Gasteiger partial charge on any atom is 0.305 e. The van der Waals surface area contributed by atoms with Gasteiger partial charge in [0.15, 0.2) is 0 Å². The molecule has 0 heterocycles. The van der Waals surface area contributed by atoms with E-state index in [0.29, 0.717) is 38.5 Å². The van der Waals surface area contributed by atoms with Crippen molar-refractivity contribution >= 4 is 24.7 Å². The third-order valence-corrected chi connectivity index (χ3v) is 13.9. The van der Waals surface area contributed by atoms with E-state index in [1.807, 2.05) is 49.4 Å². The van der Waals surface area contributed by atoms with E-state index in [2.05, 4.69) is 51.1 Å². The lowest BCUT2D eigenvalue weighted by Gasteiger charge is -2.45. The summed E-state index contributed by atoms with van der Waals surface area (Å²) >= 11 is 0. The maximum atomic E-state index is 14.9. The van der Waals surface area contributed by atoms with Gasteiger partial charge in [-0.2, -0.15) is 0 Å². The predicted molar refractivity (Wildman–Crippen MR) is 178 cm³/mol. The number of rotatable bonds is 16. The zero-order valence-electron chi connectivity index (χ0n) is 27.2. The number of carbonyl (C=O) groups is 1. The van der Waals surface area contributed by atoms with Crippen molar-refractivity contribution in [2.75, 3.05) is 7.11 Å². The van der Waals surface area contributed by atoms with Gasteiger partial charge in [-0.1, -0.05) is 119 Å². The van der Waals surface area contributed by atoms with Crippen molar-refractivity contribution in [2.45, 2.75) is 109 Å². The van der Waals surface area contributed by atoms with Crippen LogP contribution in [0.2, 0.25) is 5.04 Å². The van der Waals surface area contributed by atoms with Gasteiger partial charge in [0.2, 0.25) is 0 Å². The Bertz CT molecular complexity index is 1150. The first-order valence-corrected chi connectivity index (χ1v) is 18.1. The van der Waals surface area contributed by atoms with Crippen molar-refractivity contribution in [1.82, 2.24) is 0 Å². The molecule has 0 saturated heterocycles. The molecule has 0 bridgehead atoms. The van der Waals surface area contributed by atoms with Gasteiger partial charge in [-0.05, 0) is 59.5 Å². The van der Waals surface area contributed by atoms with Gasteiger partial charge in [-0.15, -0.1) is 0 Å². The van der Waals surface area contributed by atoms with Crippen LogP contribution in [-0.4, -0.2) is 44.6 Å². The van der Waals surface area contributed by atoms with Crippen molar-refractivity contribution in [2.24, 2.45) is 11.8 Å². The highest BCUT2D eigenvalue weighted by atomic mass is 28.4. The van der Waals surface area contributed by atoms with Crippen molar-refractivity contribution in [3.8, 4) is 0 Å². The summed E-state index contributed by atoms with van der Waals surface area (Å²) in [6, 6.07) is 20.7. The number of ether oxygens (including phenoxy) is 1. The van der Waals surface area contributed by atoms with E-state index in [0.717, 1.165) is 29.3 Å². The van der Waals surface area contributed by atoms with Gasteiger partial charge in [-0.3, -0.25) is 4.79 Å². The smallest absolute Gasteiger partial charge is 0.305 e. The Morgan fingerprint density at radius 1 is 0.977 bits per heavy atom. The molecule has 4 atom stereocenters. The van der Waals surface area contributed by atoms with Crippen LogP contribution in [-0.2, 0) is 14.0 Å². The zero-order chi connectivity index (χ0) is 32.2. The largest absolute Gasteiger partial charge is 0.469 e. The molecule has 1 aliphatic carbocycles. The number of aliphatic hydroxyl groups is 1. The first-order valence-electron chi connectivity index (χ1n) is 16.2. The number of unbranched alkanes of at least 4 members (excludes halogenated alkanes) is 3. The summed E-state index contributed by atoms with van der Waals surface area (Å²) in [5.41, 5.74) is 0. The first-order chi connectivity index (χ1) is 20.9. The fourth-order valence-corrected chi connectivity index (χ4v) is 11.3. The lowest BCUT2D eigenvalue weighted by molar-refractivity contribution is -0.140. The van der Waals surface area contributed by atoms with Crippen molar-refractivity contribution < 1.29 is 27.8 Å². The number of carbonyl (C=O) groups excluding carboxylic acids is 1. The van der Waals surface area contributed by atoms with Gasteiger partial charge in [0.05, 0.1) is 19.3 Å². The number of halogens is 2. The van der Waals surface area contributed by atoms with Gasteiger partial charge in [0.1, 0.15) is 0 Å². The molecule has 0 aliphatic heterocycles. The molecular weight excluding hydrogens is 574 g/mol. The summed E-state index contributed by atoms with van der Waals surface area (Å²) in [5, 5.41) is 13.4. The number of alkyl halides is 2. The minimum absolute atomic E-state index is 0.188. The Hall–Kier alpha value is -2.61. The van der Waals surface area contributed by atoms with E-state index in [1.54, 1.807) is 6.08 Å². The van der Waals surface area contributed by atoms with Crippen LogP contribution in [0.15, 0.2) is 85.0 Å². The highest BCUT2D eigenvalue weighted by molar-refractivity contribution is 6.99. The van der Waals surface area contributed by atoms with Gasteiger partial charge in [-0.25, -0.2) is 8.78 Å². The Morgan fingerprint density at radius 2 is 1.59 bits per heavy atom. The SMILES string of the molecule is CCCCCC(F)(F)C=C[C@H]1[C@@H](CC=CCCCC(=O)OC)[C@H](O[Si](c2ccccc2)(c2ccccc2)C(C)(C)C)C[C@H]1O. The molecule has 2 aromatic carbocycles. The number of aliphatic hydroxyl groups excluding tert-OH is 1. The van der Waals surface area contributed by atoms with Crippen LogP contribution in [0.4, 0.5) is 8.78 Å². The molecule has 7 heteroatoms. The van der Waals surface area contributed by atoms with E-state index < -0.39 is 26.3 Å². The first kappa shape index (κ1) is 35.9. The van der Waals surface area contributed by atoms with E-state index in [1.165, 1.54) is 7.11 Å². The second-order valence-electron chi connectivity index (χ2n) is 13.1. The van der Waals surface area contributed by atoms with Gasteiger partial charge in [0, 0.05) is 18.8 Å². The average Bonchev–Trinajstić information content (AvgIpc) is 3.29. The molecule has 3 rings (SSSR count). The van der Waals surface area contributed by atoms with Crippen LogP contribution in [0.1, 0.15) is 85.5 Å². The number of hydrogen-bond acceptors (Lipinski definition) is 4. The number of allylic oxidation sites excluding steroid dienone is 3. The fraction of sp³-hybridized carbons (Fsp3) is 0.541. The third-order valence-electron chi connectivity index (χ3n) is 8.87. The minimum Gasteiger partial charge on any atom is -0.469 e. The van der Waals surface area contributed by atoms with Crippen LogP contribution in [0.25, 0.3) is 0 Å². The summed E-state index contributed by atoms with van der Waals surface area (Å²) in [7, 11) is -1.55. The normalized spacial score (nSPS) is 21.4. The monoisotopic (exact) mass is 626 g/mol. The second kappa shape index (κ2) is 16.6. The van der Waals surface area contributed by atoms with Crippen LogP contribution < -0.4 is 10.4 Å². The van der Waals surface area contributed by atoms with E-state index in [9.17, 15) is 18.7 Å². The lowest BCUT2D eigenvalue weighted by Crippen LogP contribution is -2.68. The maximum absolute atomic E-state index is 14.9. The molecule has 1 saturated carbocycles. The van der Waals surface area contributed by atoms with Crippen LogP contribution in [0, 0.1) is 11.8 Å². The number of methoxy groups -OCH3 is 1. The standard InChI is InChI=1S/C37H52F2O4Si/c1-6-7-18-26-37(38,39)27-25-31-32(23-16-8-9-17-24-35(41)42-5)34(28-33(31)40)43-44(36(2,3)4,29-19-12-10-13-20-29)30-21-14-11-15-22-30/h8,10-16,19-22,25,27,31-34,40H,6-7,9,17-18,23-24,26,28H2,1-5H3/t31-,32+,33+,34+/m0/s1. The topological polar surface area (TPSA) is 55.8 Å². The Kier molecular flexibility index (Phi) is 13.6. The van der Waals surface area contributed by atoms with Crippen molar-refractivity contribution in [3.05, 3.63) is 85.0 Å². The highest BCUT2D eigenvalue weighted by Crippen LogP contribution is 2.44. The lowest BCUT2D eigenvalue weighted by atomic mass is 9.89. The molecule has 1 fully saturated rings. The van der Waals surface area contributed by atoms with Crippen LogP contribution in [0.3, 0.4) is 0 Å². The van der Waals surface area contributed by atoms with E-state index in [4.69, 9.17) is 9.16 Å². The van der Waals surface area contributed by atoms with Crippen molar-refractivity contribution in [1.29, 1.82) is 0 Å². The number of hydrogen-bond donors (Lipinski definition) is 1. The second-order valence-corrected chi connectivity index (χ2v) is 17.4. The summed E-state index contributed by atoms with van der Waals surface area (Å²) in [5.74, 6) is -3.80. The molecule has 0 unspecified atom stereocenters. The fourth-order valence-electron chi connectivity index (χ4n) is 6.52. The summed E-state index contributed by atoms with van der Waals surface area (Å²) in [6.07, 6.45) is 10.2. The quantitative estimate of drug-likeness (QED) is 0.0888. The molecule has 242 valence electrons. The molecule has 0 spiro atoms. The molecule has 1 N–H and O–H groups in total. The molecule has 2 aromatic rings. The predicted octanol–water partition coefficient (Wildman–Crippen LogP) is 7.99. The molecular formula is C37H52F2O4Si. The Labute approximate surface area is 264 Å². The Morgan fingerprint density at radius 3 is 2.14 bits per heavy atom. The van der Waals surface area contributed by atoms with Crippen molar-refractivity contribution in [3.63, 3.8) is 0 Å². The molecule has 0 radical (unpaired) electrons. The number of esters is 1. The average molecular weight is 627 g/mol. The van der Waals surface area contributed by atoms with Crippen LogP contribution >= 0.6 is 0 Å². The van der Waals surface area contributed by atoms with Gasteiger partial charge in [0.25, 0.3) is 14.2 Å². The molecule has 4 nitrogen and oxygen atoms in total.